The van der Waals surface area contributed by atoms with Crippen molar-refractivity contribution >= 4 is 39.9 Å². The zero-order valence-electron chi connectivity index (χ0n) is 31.5. The second-order valence-electron chi connectivity index (χ2n) is 14.1. The molecule has 0 saturated heterocycles. The van der Waals surface area contributed by atoms with Crippen LogP contribution in [-0.4, -0.2) is 18.4 Å². The van der Waals surface area contributed by atoms with E-state index in [2.05, 4.69) is 188 Å². The normalized spacial score (nSPS) is 11.9. The van der Waals surface area contributed by atoms with Crippen LogP contribution >= 0.6 is 0 Å². The maximum atomic E-state index is 5.25. The number of fused-ring (bicyclic) bond motifs is 3. The maximum Gasteiger partial charge on any atom is 0.161 e. The van der Waals surface area contributed by atoms with Crippen molar-refractivity contribution in [3.63, 3.8) is 0 Å². The van der Waals surface area contributed by atoms with E-state index in [-0.39, 0.29) is 0 Å². The highest BCUT2D eigenvalue weighted by molar-refractivity contribution is 6.15. The fourth-order valence-electron chi connectivity index (χ4n) is 7.59. The minimum absolute atomic E-state index is 0.433. The average molecular weight is 730 g/mol. The Morgan fingerprint density at radius 1 is 0.368 bits per heavy atom. The molecule has 3 heteroatoms. The summed E-state index contributed by atoms with van der Waals surface area (Å²) in [6, 6.07) is 74.5. The lowest BCUT2D eigenvalue weighted by atomic mass is 9.92. The van der Waals surface area contributed by atoms with Gasteiger partial charge in [-0.15, -0.1) is 0 Å². The second kappa shape index (κ2) is 16.1. The number of benzene rings is 9. The van der Waals surface area contributed by atoms with Crippen LogP contribution in [0.5, 0.6) is 0 Å². The third-order valence-corrected chi connectivity index (χ3v) is 10.4. The Morgan fingerprint density at radius 2 is 0.860 bits per heavy atom. The summed E-state index contributed by atoms with van der Waals surface area (Å²) < 4.78 is 0. The molecule has 0 aromatic heterocycles. The van der Waals surface area contributed by atoms with Crippen LogP contribution in [-0.2, 0) is 6.54 Å². The third kappa shape index (κ3) is 7.60. The second-order valence-corrected chi connectivity index (χ2v) is 14.1. The standard InChI is InChI=1S/C54H39N3/c1-55-53(47-27-14-24-43(34-47)40-19-6-3-7-20-40)57-54(56-37-38-16-12-22-41(32-38)44-25-13-23-42(33-44)39-17-4-2-5-18-39)48-28-15-26-45(35-48)52-36-46-21-8-9-29-49(46)50-30-10-11-31-51(50)52/h2-36H,1,37H2/b56-54-,57-53-. The van der Waals surface area contributed by atoms with Crippen LogP contribution in [0.4, 0.5) is 0 Å². The summed E-state index contributed by atoms with van der Waals surface area (Å²) in [6.07, 6.45) is 0. The van der Waals surface area contributed by atoms with Gasteiger partial charge in [-0.1, -0.05) is 182 Å². The van der Waals surface area contributed by atoms with Gasteiger partial charge >= 0.3 is 0 Å². The first-order valence-corrected chi connectivity index (χ1v) is 19.2. The number of nitrogens with zero attached hydrogens (tertiary/aromatic N) is 3. The zero-order chi connectivity index (χ0) is 38.4. The Kier molecular flexibility index (Phi) is 9.94. The third-order valence-electron chi connectivity index (χ3n) is 10.4. The SMILES string of the molecule is C=N/C(=N\C(=N/Cc1cccc(-c2cccc(-c3ccccc3)c2)c1)c1cccc(-c2cc3ccccc3c3ccccc23)c1)c1cccc(-c2ccccc2)c1. The van der Waals surface area contributed by atoms with Crippen molar-refractivity contribution in [2.45, 2.75) is 6.54 Å². The first-order chi connectivity index (χ1) is 28.2. The van der Waals surface area contributed by atoms with Crippen LogP contribution in [0.1, 0.15) is 16.7 Å². The van der Waals surface area contributed by atoms with Crippen molar-refractivity contribution < 1.29 is 0 Å². The summed E-state index contributed by atoms with van der Waals surface area (Å²) in [5, 5.41) is 4.88. The Hall–Kier alpha value is -7.49. The fourth-order valence-corrected chi connectivity index (χ4v) is 7.59. The number of amidine groups is 2. The van der Waals surface area contributed by atoms with Gasteiger partial charge in [-0.3, -0.25) is 4.99 Å². The molecule has 0 amide bonds. The molecule has 57 heavy (non-hydrogen) atoms. The molecule has 3 nitrogen and oxygen atoms in total. The topological polar surface area (TPSA) is 37.1 Å². The number of hydrogen-bond donors (Lipinski definition) is 0. The average Bonchev–Trinajstić information content (AvgIpc) is 3.29. The summed E-state index contributed by atoms with van der Waals surface area (Å²) >= 11 is 0. The Balaban J connectivity index is 1.13. The first kappa shape index (κ1) is 35.2. The Bertz CT molecular complexity index is 2940. The highest BCUT2D eigenvalue weighted by atomic mass is 15.0. The van der Waals surface area contributed by atoms with Crippen LogP contribution in [0, 0.1) is 0 Å². The maximum absolute atomic E-state index is 5.25. The molecule has 0 N–H and O–H groups in total. The predicted octanol–water partition coefficient (Wildman–Crippen LogP) is 13.8. The number of hydrogen-bond acceptors (Lipinski definition) is 1. The van der Waals surface area contributed by atoms with E-state index < -0.39 is 0 Å². The smallest absolute Gasteiger partial charge is 0.161 e. The minimum atomic E-state index is 0.433. The first-order valence-electron chi connectivity index (χ1n) is 19.2. The molecule has 0 radical (unpaired) electrons. The van der Waals surface area contributed by atoms with Gasteiger partial charge in [0.15, 0.2) is 11.7 Å². The van der Waals surface area contributed by atoms with Crippen LogP contribution < -0.4 is 0 Å². The highest BCUT2D eigenvalue weighted by Gasteiger charge is 2.13. The lowest BCUT2D eigenvalue weighted by Gasteiger charge is -2.13. The van der Waals surface area contributed by atoms with Crippen molar-refractivity contribution in [1.82, 2.24) is 0 Å². The molecule has 9 rings (SSSR count). The molecule has 0 saturated carbocycles. The summed E-state index contributed by atoms with van der Waals surface area (Å²) in [5.74, 6) is 1.10. The summed E-state index contributed by atoms with van der Waals surface area (Å²) in [6.45, 7) is 4.40. The monoisotopic (exact) mass is 729 g/mol. The van der Waals surface area contributed by atoms with E-state index in [1.165, 1.54) is 32.7 Å². The number of rotatable bonds is 8. The van der Waals surface area contributed by atoms with Gasteiger partial charge in [0.05, 0.1) is 6.54 Å². The predicted molar refractivity (Wildman–Crippen MR) is 242 cm³/mol. The zero-order valence-corrected chi connectivity index (χ0v) is 31.5. The van der Waals surface area contributed by atoms with Gasteiger partial charge in [0.1, 0.15) is 0 Å². The highest BCUT2D eigenvalue weighted by Crippen LogP contribution is 2.35. The number of aliphatic imine (C=N–C) groups is 3. The molecule has 9 aromatic rings. The van der Waals surface area contributed by atoms with E-state index >= 15 is 0 Å². The molecule has 0 fully saturated rings. The molecule has 9 aromatic carbocycles. The molecule has 0 aliphatic carbocycles. The van der Waals surface area contributed by atoms with E-state index in [0.717, 1.165) is 50.1 Å². The van der Waals surface area contributed by atoms with Crippen molar-refractivity contribution in [2.24, 2.45) is 15.0 Å². The van der Waals surface area contributed by atoms with Gasteiger partial charge in [0.25, 0.3) is 0 Å². The van der Waals surface area contributed by atoms with Crippen molar-refractivity contribution in [1.29, 1.82) is 0 Å². The molecular formula is C54H39N3. The van der Waals surface area contributed by atoms with Gasteiger partial charge in [0.2, 0.25) is 0 Å². The Labute approximate surface area is 333 Å². The lowest BCUT2D eigenvalue weighted by Crippen LogP contribution is -2.06. The van der Waals surface area contributed by atoms with Crippen LogP contribution in [0.15, 0.2) is 227 Å². The van der Waals surface area contributed by atoms with Crippen molar-refractivity contribution in [2.75, 3.05) is 0 Å². The van der Waals surface area contributed by atoms with Crippen molar-refractivity contribution in [3.05, 3.63) is 229 Å². The summed E-state index contributed by atoms with van der Waals surface area (Å²) in [5.41, 5.74) is 12.0. The van der Waals surface area contributed by atoms with Crippen LogP contribution in [0.25, 0.3) is 66.1 Å². The Morgan fingerprint density at radius 3 is 1.56 bits per heavy atom. The van der Waals surface area contributed by atoms with Gasteiger partial charge in [-0.05, 0) is 109 Å². The minimum Gasteiger partial charge on any atom is -0.261 e. The van der Waals surface area contributed by atoms with E-state index in [4.69, 9.17) is 9.98 Å². The summed E-state index contributed by atoms with van der Waals surface area (Å²) in [7, 11) is 0. The molecular weight excluding hydrogens is 691 g/mol. The molecule has 0 aliphatic rings. The van der Waals surface area contributed by atoms with E-state index in [0.29, 0.717) is 18.2 Å². The summed E-state index contributed by atoms with van der Waals surface area (Å²) in [4.78, 5) is 14.9. The largest absolute Gasteiger partial charge is 0.261 e. The molecule has 0 unspecified atom stereocenters. The molecule has 0 bridgehead atoms. The van der Waals surface area contributed by atoms with Gasteiger partial charge in [0, 0.05) is 11.1 Å². The van der Waals surface area contributed by atoms with Crippen molar-refractivity contribution in [3.8, 4) is 44.5 Å². The fraction of sp³-hybridized carbons (Fsp3) is 0.0185. The molecule has 270 valence electrons. The van der Waals surface area contributed by atoms with Crippen LogP contribution in [0.3, 0.4) is 0 Å². The van der Waals surface area contributed by atoms with E-state index in [1.807, 2.05) is 36.4 Å². The molecule has 0 aliphatic heterocycles. The van der Waals surface area contributed by atoms with Gasteiger partial charge in [-0.25, -0.2) is 9.98 Å². The van der Waals surface area contributed by atoms with E-state index in [9.17, 15) is 0 Å². The molecule has 0 atom stereocenters. The lowest BCUT2D eigenvalue weighted by molar-refractivity contribution is 1.06. The van der Waals surface area contributed by atoms with Crippen LogP contribution in [0.2, 0.25) is 0 Å². The van der Waals surface area contributed by atoms with Gasteiger partial charge in [-0.2, -0.15) is 0 Å². The quantitative estimate of drug-likeness (QED) is 0.0848. The molecule has 0 heterocycles. The van der Waals surface area contributed by atoms with E-state index in [1.54, 1.807) is 0 Å². The van der Waals surface area contributed by atoms with Gasteiger partial charge < -0.3 is 0 Å². The molecule has 0 spiro atoms.